The molecule has 2 aliphatic heterocycles. The zero-order chi connectivity index (χ0) is 23.8. The summed E-state index contributed by atoms with van der Waals surface area (Å²) >= 11 is 0. The Morgan fingerprint density at radius 1 is 1.18 bits per heavy atom. The minimum absolute atomic E-state index is 0.0134. The van der Waals surface area contributed by atoms with Crippen molar-refractivity contribution in [2.75, 3.05) is 40.3 Å². The van der Waals surface area contributed by atoms with Gasteiger partial charge in [0, 0.05) is 56.8 Å². The van der Waals surface area contributed by atoms with E-state index < -0.39 is 0 Å². The topological polar surface area (TPSA) is 56.3 Å². The standard InChI is InChI=1S/C27H39N3O3/c1-26(2,11-12-27(3)10-9-23(31)24(17-27)33-5)30-18-20-7-6-8-21(22(20)19-30)25(32)29-15-13-28(4)14-16-29/h6-10,31H,11-19H2,1-5H3. The Morgan fingerprint density at radius 3 is 2.61 bits per heavy atom. The fourth-order valence-electron chi connectivity index (χ4n) is 5.22. The minimum atomic E-state index is -0.0377. The van der Waals surface area contributed by atoms with Crippen molar-refractivity contribution in [3.05, 3.63) is 58.6 Å². The average molecular weight is 454 g/mol. The highest BCUT2D eigenvalue weighted by molar-refractivity contribution is 5.96. The second-order valence-electron chi connectivity index (χ2n) is 10.9. The number of ether oxygens (including phenoxy) is 1. The molecule has 180 valence electrons. The van der Waals surface area contributed by atoms with Crippen molar-refractivity contribution in [2.45, 2.75) is 58.7 Å². The number of aliphatic hydroxyl groups is 1. The smallest absolute Gasteiger partial charge is 0.254 e. The van der Waals surface area contributed by atoms with E-state index in [9.17, 15) is 9.90 Å². The van der Waals surface area contributed by atoms with Crippen LogP contribution in [-0.4, -0.2) is 71.6 Å². The lowest BCUT2D eigenvalue weighted by atomic mass is 9.76. The van der Waals surface area contributed by atoms with Crippen LogP contribution < -0.4 is 0 Å². The average Bonchev–Trinajstić information content (AvgIpc) is 3.25. The van der Waals surface area contributed by atoms with Gasteiger partial charge in [-0.05, 0) is 62.4 Å². The molecule has 1 amide bonds. The van der Waals surface area contributed by atoms with E-state index in [0.29, 0.717) is 12.2 Å². The number of aliphatic hydroxyl groups excluding tert-OH is 1. The number of nitrogens with zero attached hydrogens (tertiary/aromatic N) is 3. The summed E-state index contributed by atoms with van der Waals surface area (Å²) in [6, 6.07) is 6.22. The first kappa shape index (κ1) is 23.8. The third-order valence-electron chi connectivity index (χ3n) is 7.91. The molecule has 1 aliphatic carbocycles. The van der Waals surface area contributed by atoms with Crippen LogP contribution in [-0.2, 0) is 17.8 Å². The third-order valence-corrected chi connectivity index (χ3v) is 7.91. The number of piperazine rings is 1. The molecule has 1 fully saturated rings. The molecule has 2 heterocycles. The maximum absolute atomic E-state index is 13.3. The second kappa shape index (κ2) is 9.15. The van der Waals surface area contributed by atoms with Gasteiger partial charge >= 0.3 is 0 Å². The Labute approximate surface area is 198 Å². The third kappa shape index (κ3) is 4.97. The molecule has 6 heteroatoms. The predicted molar refractivity (Wildman–Crippen MR) is 131 cm³/mol. The maximum Gasteiger partial charge on any atom is 0.254 e. The Bertz CT molecular complexity index is 959. The number of hydrogen-bond acceptors (Lipinski definition) is 5. The molecular weight excluding hydrogens is 414 g/mol. The highest BCUT2D eigenvalue weighted by atomic mass is 16.5. The van der Waals surface area contributed by atoms with Crippen molar-refractivity contribution in [3.8, 4) is 0 Å². The molecule has 1 atom stereocenters. The van der Waals surface area contributed by atoms with Crippen LogP contribution in [0.25, 0.3) is 0 Å². The van der Waals surface area contributed by atoms with Crippen LogP contribution in [0.2, 0.25) is 0 Å². The van der Waals surface area contributed by atoms with Gasteiger partial charge in [-0.3, -0.25) is 9.69 Å². The van der Waals surface area contributed by atoms with E-state index in [2.05, 4.69) is 49.8 Å². The molecule has 1 N–H and O–H groups in total. The van der Waals surface area contributed by atoms with Gasteiger partial charge in [-0.2, -0.15) is 0 Å². The lowest BCUT2D eigenvalue weighted by Crippen LogP contribution is -2.47. The van der Waals surface area contributed by atoms with Gasteiger partial charge in [-0.25, -0.2) is 0 Å². The summed E-state index contributed by atoms with van der Waals surface area (Å²) in [5, 5.41) is 10.0. The zero-order valence-electron chi connectivity index (χ0n) is 20.9. The van der Waals surface area contributed by atoms with Crippen molar-refractivity contribution in [3.63, 3.8) is 0 Å². The quantitative estimate of drug-likeness (QED) is 0.695. The fourth-order valence-corrected chi connectivity index (χ4v) is 5.22. The van der Waals surface area contributed by atoms with E-state index in [4.69, 9.17) is 4.74 Å². The number of likely N-dealkylation sites (N-methyl/N-ethyl adjacent to an activating group) is 1. The van der Waals surface area contributed by atoms with E-state index in [1.807, 2.05) is 17.0 Å². The number of carbonyl (C=O) groups is 1. The first-order valence-corrected chi connectivity index (χ1v) is 12.1. The molecule has 3 aliphatic rings. The number of allylic oxidation sites excluding steroid dienone is 3. The lowest BCUT2D eigenvalue weighted by Gasteiger charge is -2.39. The Hall–Kier alpha value is -2.31. The molecular formula is C27H39N3O3. The summed E-state index contributed by atoms with van der Waals surface area (Å²) in [5.41, 5.74) is 3.31. The normalized spacial score (nSPS) is 24.3. The Kier molecular flexibility index (Phi) is 6.61. The monoisotopic (exact) mass is 453 g/mol. The number of fused-ring (bicyclic) bond motifs is 1. The summed E-state index contributed by atoms with van der Waals surface area (Å²) in [6.45, 7) is 12.0. The van der Waals surface area contributed by atoms with Crippen LogP contribution in [0.1, 0.15) is 61.5 Å². The van der Waals surface area contributed by atoms with Gasteiger partial charge in [0.15, 0.2) is 5.76 Å². The molecule has 0 bridgehead atoms. The SMILES string of the molecule is COC1=C(O)C=CC(C)(CCC(C)(C)N2Cc3cccc(C(=O)N4CCN(C)CC4)c3C2)C1. The molecule has 0 spiro atoms. The molecule has 0 aromatic heterocycles. The first-order chi connectivity index (χ1) is 15.6. The van der Waals surface area contributed by atoms with Crippen LogP contribution in [0.15, 0.2) is 41.9 Å². The van der Waals surface area contributed by atoms with E-state index in [-0.39, 0.29) is 22.6 Å². The number of hydrogen-bond donors (Lipinski definition) is 1. The van der Waals surface area contributed by atoms with Gasteiger partial charge in [-0.1, -0.05) is 25.1 Å². The summed E-state index contributed by atoms with van der Waals surface area (Å²) in [7, 11) is 3.73. The van der Waals surface area contributed by atoms with Crippen LogP contribution >= 0.6 is 0 Å². The van der Waals surface area contributed by atoms with Gasteiger partial charge in [0.25, 0.3) is 5.91 Å². The zero-order valence-corrected chi connectivity index (χ0v) is 20.9. The molecule has 0 saturated carbocycles. The van der Waals surface area contributed by atoms with Crippen molar-refractivity contribution >= 4 is 5.91 Å². The number of benzene rings is 1. The van der Waals surface area contributed by atoms with Crippen molar-refractivity contribution in [1.82, 2.24) is 14.7 Å². The summed E-state index contributed by atoms with van der Waals surface area (Å²) in [4.78, 5) is 20.1. The highest BCUT2D eigenvalue weighted by Gasteiger charge is 2.37. The predicted octanol–water partition coefficient (Wildman–Crippen LogP) is 4.33. The number of methoxy groups -OCH3 is 1. The Balaban J connectivity index is 1.43. The number of carbonyl (C=O) groups excluding carboxylic acids is 1. The van der Waals surface area contributed by atoms with Crippen molar-refractivity contribution in [2.24, 2.45) is 5.41 Å². The van der Waals surface area contributed by atoms with Gasteiger partial charge < -0.3 is 19.6 Å². The highest BCUT2D eigenvalue weighted by Crippen LogP contribution is 2.41. The molecule has 0 radical (unpaired) electrons. The van der Waals surface area contributed by atoms with E-state index in [1.54, 1.807) is 13.2 Å². The molecule has 1 aromatic rings. The van der Waals surface area contributed by atoms with Crippen molar-refractivity contribution < 1.29 is 14.6 Å². The van der Waals surface area contributed by atoms with E-state index in [1.165, 1.54) is 11.1 Å². The summed E-state index contributed by atoms with van der Waals surface area (Å²) < 4.78 is 5.39. The fraction of sp³-hybridized carbons (Fsp3) is 0.593. The van der Waals surface area contributed by atoms with E-state index >= 15 is 0 Å². The van der Waals surface area contributed by atoms with E-state index in [0.717, 1.165) is 57.7 Å². The maximum atomic E-state index is 13.3. The molecule has 1 saturated heterocycles. The van der Waals surface area contributed by atoms with Gasteiger partial charge in [0.05, 0.1) is 7.11 Å². The number of rotatable bonds is 6. The van der Waals surface area contributed by atoms with Gasteiger partial charge in [0.1, 0.15) is 5.76 Å². The van der Waals surface area contributed by atoms with Crippen LogP contribution in [0, 0.1) is 5.41 Å². The van der Waals surface area contributed by atoms with Gasteiger partial charge in [0.2, 0.25) is 0 Å². The Morgan fingerprint density at radius 2 is 1.91 bits per heavy atom. The molecule has 1 unspecified atom stereocenters. The first-order valence-electron chi connectivity index (χ1n) is 12.1. The van der Waals surface area contributed by atoms with Crippen molar-refractivity contribution in [1.29, 1.82) is 0 Å². The van der Waals surface area contributed by atoms with Gasteiger partial charge in [-0.15, -0.1) is 0 Å². The molecule has 33 heavy (non-hydrogen) atoms. The summed E-state index contributed by atoms with van der Waals surface area (Å²) in [6.07, 6.45) is 6.62. The van der Waals surface area contributed by atoms with Crippen LogP contribution in [0.4, 0.5) is 0 Å². The summed E-state index contributed by atoms with van der Waals surface area (Å²) in [5.74, 6) is 1.08. The van der Waals surface area contributed by atoms with Crippen LogP contribution in [0.5, 0.6) is 0 Å². The minimum Gasteiger partial charge on any atom is -0.504 e. The van der Waals surface area contributed by atoms with Crippen LogP contribution in [0.3, 0.4) is 0 Å². The number of amides is 1. The molecule has 4 rings (SSSR count). The second-order valence-corrected chi connectivity index (χ2v) is 10.9. The molecule has 1 aromatic carbocycles. The largest absolute Gasteiger partial charge is 0.504 e. The lowest BCUT2D eigenvalue weighted by molar-refractivity contribution is 0.0659. The molecule has 6 nitrogen and oxygen atoms in total.